The van der Waals surface area contributed by atoms with Gasteiger partial charge in [0.2, 0.25) is 0 Å². The van der Waals surface area contributed by atoms with E-state index in [1.807, 2.05) is 0 Å². The molecule has 0 bridgehead atoms. The van der Waals surface area contributed by atoms with Crippen molar-refractivity contribution in [1.82, 2.24) is 5.32 Å². The highest BCUT2D eigenvalue weighted by Gasteiger charge is 2.18. The highest BCUT2D eigenvalue weighted by molar-refractivity contribution is 4.76. The second-order valence-corrected chi connectivity index (χ2v) is 3.82. The zero-order valence-electron chi connectivity index (χ0n) is 8.05. The van der Waals surface area contributed by atoms with E-state index in [1.54, 1.807) is 0 Å². The van der Waals surface area contributed by atoms with E-state index in [0.717, 1.165) is 18.8 Å². The van der Waals surface area contributed by atoms with E-state index < -0.39 is 0 Å². The van der Waals surface area contributed by atoms with Crippen LogP contribution in [-0.4, -0.2) is 24.3 Å². The molecule has 72 valence electrons. The summed E-state index contributed by atoms with van der Waals surface area (Å²) in [5.74, 6) is 0.898. The monoisotopic (exact) mass is 171 g/mol. The summed E-state index contributed by atoms with van der Waals surface area (Å²) in [6, 6.07) is 0.681. The van der Waals surface area contributed by atoms with Gasteiger partial charge in [0.15, 0.2) is 0 Å². The highest BCUT2D eigenvalue weighted by atomic mass is 16.2. The van der Waals surface area contributed by atoms with Crippen LogP contribution in [0.5, 0.6) is 0 Å². The molecule has 0 spiro atoms. The smallest absolute Gasteiger partial charge is 0.0431 e. The van der Waals surface area contributed by atoms with Gasteiger partial charge < -0.3 is 10.4 Å². The van der Waals surface area contributed by atoms with Crippen LogP contribution in [0.4, 0.5) is 0 Å². The number of hydrogen-bond acceptors (Lipinski definition) is 2. The van der Waals surface area contributed by atoms with E-state index in [1.165, 1.54) is 25.8 Å². The first-order chi connectivity index (χ1) is 5.86. The largest absolute Gasteiger partial charge is 0.396 e. The maximum absolute atomic E-state index is 8.67. The van der Waals surface area contributed by atoms with Crippen molar-refractivity contribution in [3.63, 3.8) is 0 Å². The summed E-state index contributed by atoms with van der Waals surface area (Å²) in [5, 5.41) is 12.2. The topological polar surface area (TPSA) is 32.3 Å². The highest BCUT2D eigenvalue weighted by Crippen LogP contribution is 2.19. The third-order valence-electron chi connectivity index (χ3n) is 2.91. The summed E-state index contributed by atoms with van der Waals surface area (Å²) in [5.41, 5.74) is 0. The summed E-state index contributed by atoms with van der Waals surface area (Å²) >= 11 is 0. The third-order valence-corrected chi connectivity index (χ3v) is 2.91. The molecule has 1 heterocycles. The summed E-state index contributed by atoms with van der Waals surface area (Å²) < 4.78 is 0. The summed E-state index contributed by atoms with van der Waals surface area (Å²) in [6.07, 6.45) is 6.08. The van der Waals surface area contributed by atoms with Gasteiger partial charge in [0.05, 0.1) is 0 Å². The molecule has 2 atom stereocenters. The second kappa shape index (κ2) is 5.55. The average Bonchev–Trinajstić information content (AvgIpc) is 2.15. The van der Waals surface area contributed by atoms with E-state index in [0.29, 0.717) is 12.6 Å². The zero-order chi connectivity index (χ0) is 8.81. The lowest BCUT2D eigenvalue weighted by atomic mass is 9.91. The number of piperidine rings is 1. The van der Waals surface area contributed by atoms with Crippen molar-refractivity contribution in [3.8, 4) is 0 Å². The quantitative estimate of drug-likeness (QED) is 0.672. The second-order valence-electron chi connectivity index (χ2n) is 3.82. The van der Waals surface area contributed by atoms with Gasteiger partial charge in [-0.15, -0.1) is 0 Å². The average molecular weight is 171 g/mol. The van der Waals surface area contributed by atoms with Gasteiger partial charge in [-0.25, -0.2) is 0 Å². The van der Waals surface area contributed by atoms with Crippen LogP contribution in [0, 0.1) is 5.92 Å². The van der Waals surface area contributed by atoms with Crippen LogP contribution in [-0.2, 0) is 0 Å². The van der Waals surface area contributed by atoms with Gasteiger partial charge >= 0.3 is 0 Å². The van der Waals surface area contributed by atoms with Crippen LogP contribution in [0.3, 0.4) is 0 Å². The molecule has 0 aromatic rings. The SMILES string of the molecule is CC[C@H]1CC[C@@H](CCCO)NC1. The maximum atomic E-state index is 8.67. The fourth-order valence-electron chi connectivity index (χ4n) is 1.91. The lowest BCUT2D eigenvalue weighted by molar-refractivity contribution is 0.249. The van der Waals surface area contributed by atoms with E-state index >= 15 is 0 Å². The Kier molecular flexibility index (Phi) is 4.62. The Balaban J connectivity index is 2.09. The van der Waals surface area contributed by atoms with Crippen molar-refractivity contribution in [1.29, 1.82) is 0 Å². The number of aliphatic hydroxyl groups is 1. The molecule has 0 saturated carbocycles. The van der Waals surface area contributed by atoms with Gasteiger partial charge in [0.1, 0.15) is 0 Å². The maximum Gasteiger partial charge on any atom is 0.0431 e. The van der Waals surface area contributed by atoms with Crippen molar-refractivity contribution < 1.29 is 5.11 Å². The van der Waals surface area contributed by atoms with Gasteiger partial charge in [-0.2, -0.15) is 0 Å². The van der Waals surface area contributed by atoms with E-state index in [-0.39, 0.29) is 0 Å². The van der Waals surface area contributed by atoms with Gasteiger partial charge in [0.25, 0.3) is 0 Å². The molecule has 2 N–H and O–H groups in total. The van der Waals surface area contributed by atoms with Crippen LogP contribution in [0.1, 0.15) is 39.0 Å². The lowest BCUT2D eigenvalue weighted by Crippen LogP contribution is -2.38. The van der Waals surface area contributed by atoms with Crippen LogP contribution >= 0.6 is 0 Å². The summed E-state index contributed by atoms with van der Waals surface area (Å²) in [4.78, 5) is 0. The normalized spacial score (nSPS) is 30.5. The fraction of sp³-hybridized carbons (Fsp3) is 1.00. The fourth-order valence-corrected chi connectivity index (χ4v) is 1.91. The standard InChI is InChI=1S/C10H21NO/c1-2-9-5-6-10(11-8-9)4-3-7-12/h9-12H,2-8H2,1H3/t9-,10+/m0/s1. The van der Waals surface area contributed by atoms with Crippen LogP contribution in [0.2, 0.25) is 0 Å². The van der Waals surface area contributed by atoms with Gasteiger partial charge in [-0.1, -0.05) is 13.3 Å². The molecule has 1 fully saturated rings. The van der Waals surface area contributed by atoms with Crippen LogP contribution in [0.25, 0.3) is 0 Å². The number of aliphatic hydroxyl groups excluding tert-OH is 1. The van der Waals surface area contributed by atoms with Crippen molar-refractivity contribution in [2.24, 2.45) is 5.92 Å². The Bertz CT molecular complexity index is 108. The molecule has 12 heavy (non-hydrogen) atoms. The minimum absolute atomic E-state index is 0.343. The molecule has 1 aliphatic rings. The summed E-state index contributed by atoms with van der Waals surface area (Å²) in [7, 11) is 0. The molecular formula is C10H21NO. The van der Waals surface area contributed by atoms with Crippen molar-refractivity contribution in [2.45, 2.75) is 45.1 Å². The Hall–Kier alpha value is -0.0800. The first-order valence-corrected chi connectivity index (χ1v) is 5.21. The predicted molar refractivity (Wildman–Crippen MR) is 51.1 cm³/mol. The molecule has 1 rings (SSSR count). The van der Waals surface area contributed by atoms with Crippen molar-refractivity contribution in [3.05, 3.63) is 0 Å². The van der Waals surface area contributed by atoms with Crippen LogP contribution in [0.15, 0.2) is 0 Å². The number of rotatable bonds is 4. The lowest BCUT2D eigenvalue weighted by Gasteiger charge is -2.29. The number of hydrogen-bond donors (Lipinski definition) is 2. The molecular weight excluding hydrogens is 150 g/mol. The first kappa shape index (κ1) is 10.0. The molecule has 0 unspecified atom stereocenters. The molecule has 1 aliphatic heterocycles. The third kappa shape index (κ3) is 3.11. The molecule has 0 aliphatic carbocycles. The Morgan fingerprint density at radius 3 is 2.75 bits per heavy atom. The Labute approximate surface area is 75.4 Å². The van der Waals surface area contributed by atoms with Gasteiger partial charge in [0, 0.05) is 12.6 Å². The van der Waals surface area contributed by atoms with Gasteiger partial charge in [-0.05, 0) is 38.1 Å². The van der Waals surface area contributed by atoms with Gasteiger partial charge in [-0.3, -0.25) is 0 Å². The molecule has 0 radical (unpaired) electrons. The van der Waals surface area contributed by atoms with E-state index in [2.05, 4.69) is 12.2 Å². The van der Waals surface area contributed by atoms with Crippen LogP contribution < -0.4 is 5.32 Å². The molecule has 0 amide bonds. The van der Waals surface area contributed by atoms with Crippen molar-refractivity contribution in [2.75, 3.05) is 13.2 Å². The number of nitrogens with one attached hydrogen (secondary N) is 1. The van der Waals surface area contributed by atoms with E-state index in [4.69, 9.17) is 5.11 Å². The Morgan fingerprint density at radius 2 is 2.25 bits per heavy atom. The molecule has 0 aromatic carbocycles. The molecule has 2 heteroatoms. The molecule has 1 saturated heterocycles. The molecule has 0 aromatic heterocycles. The minimum Gasteiger partial charge on any atom is -0.396 e. The molecule has 2 nitrogen and oxygen atoms in total. The first-order valence-electron chi connectivity index (χ1n) is 5.21. The zero-order valence-corrected chi connectivity index (χ0v) is 8.05. The Morgan fingerprint density at radius 1 is 1.42 bits per heavy atom. The van der Waals surface area contributed by atoms with Crippen molar-refractivity contribution >= 4 is 0 Å². The van der Waals surface area contributed by atoms with E-state index in [9.17, 15) is 0 Å². The summed E-state index contributed by atoms with van der Waals surface area (Å²) in [6.45, 7) is 3.79. The minimum atomic E-state index is 0.343. The predicted octanol–water partition coefficient (Wildman–Crippen LogP) is 1.54.